The molecule has 1 aromatic heterocycles. The Balaban J connectivity index is 2.65. The summed E-state index contributed by atoms with van der Waals surface area (Å²) in [6.07, 6.45) is 3.14. The summed E-state index contributed by atoms with van der Waals surface area (Å²) in [4.78, 5) is 14.4. The highest BCUT2D eigenvalue weighted by atomic mass is 16.6. The SMILES string of the molecule is COc1cncc(-c2cc(C)c([N+](=O)[O-])cc2C#N)c1. The number of nitriles is 1. The average molecular weight is 269 g/mol. The molecule has 2 rings (SSSR count). The number of hydrogen-bond acceptors (Lipinski definition) is 5. The number of aryl methyl sites for hydroxylation is 1. The molecule has 0 radical (unpaired) electrons. The van der Waals surface area contributed by atoms with Crippen LogP contribution in [-0.4, -0.2) is 17.0 Å². The Labute approximate surface area is 115 Å². The fraction of sp³-hybridized carbons (Fsp3) is 0.143. The van der Waals surface area contributed by atoms with Crippen LogP contribution in [0.3, 0.4) is 0 Å². The highest BCUT2D eigenvalue weighted by Gasteiger charge is 2.16. The third-order valence-electron chi connectivity index (χ3n) is 2.91. The van der Waals surface area contributed by atoms with Gasteiger partial charge in [0.1, 0.15) is 11.8 Å². The van der Waals surface area contributed by atoms with Gasteiger partial charge in [-0.1, -0.05) is 0 Å². The van der Waals surface area contributed by atoms with E-state index in [1.54, 1.807) is 31.5 Å². The first-order valence-electron chi connectivity index (χ1n) is 5.75. The van der Waals surface area contributed by atoms with E-state index < -0.39 is 4.92 Å². The molecule has 0 aliphatic rings. The summed E-state index contributed by atoms with van der Waals surface area (Å²) < 4.78 is 5.09. The Kier molecular flexibility index (Phi) is 3.62. The summed E-state index contributed by atoms with van der Waals surface area (Å²) >= 11 is 0. The van der Waals surface area contributed by atoms with Gasteiger partial charge in [-0.05, 0) is 19.1 Å². The molecule has 0 atom stereocenters. The number of ether oxygens (including phenoxy) is 1. The van der Waals surface area contributed by atoms with Gasteiger partial charge in [-0.3, -0.25) is 15.1 Å². The van der Waals surface area contributed by atoms with Gasteiger partial charge in [0.25, 0.3) is 5.69 Å². The summed E-state index contributed by atoms with van der Waals surface area (Å²) in [5, 5.41) is 20.1. The van der Waals surface area contributed by atoms with E-state index in [0.717, 1.165) is 0 Å². The number of benzene rings is 1. The number of hydrogen-bond donors (Lipinski definition) is 0. The van der Waals surface area contributed by atoms with Crippen LogP contribution in [0.5, 0.6) is 5.75 Å². The third kappa shape index (κ3) is 2.42. The van der Waals surface area contributed by atoms with Crippen LogP contribution in [0.25, 0.3) is 11.1 Å². The molecule has 0 saturated heterocycles. The Hall–Kier alpha value is -2.94. The zero-order valence-corrected chi connectivity index (χ0v) is 11.0. The molecule has 20 heavy (non-hydrogen) atoms. The minimum absolute atomic E-state index is 0.0684. The molecule has 6 heteroatoms. The molecule has 0 unspecified atom stereocenters. The van der Waals surface area contributed by atoms with Gasteiger partial charge in [0, 0.05) is 29.0 Å². The van der Waals surface area contributed by atoms with Crippen LogP contribution in [0.15, 0.2) is 30.6 Å². The topological polar surface area (TPSA) is 89.1 Å². The molecule has 0 aliphatic heterocycles. The first kappa shape index (κ1) is 13.5. The molecule has 0 aliphatic carbocycles. The first-order chi connectivity index (χ1) is 9.56. The van der Waals surface area contributed by atoms with E-state index >= 15 is 0 Å². The van der Waals surface area contributed by atoms with Crippen molar-refractivity contribution >= 4 is 5.69 Å². The zero-order chi connectivity index (χ0) is 14.7. The van der Waals surface area contributed by atoms with Crippen LogP contribution in [0.4, 0.5) is 5.69 Å². The summed E-state index contributed by atoms with van der Waals surface area (Å²) in [5.74, 6) is 0.558. The monoisotopic (exact) mass is 269 g/mol. The number of aromatic nitrogens is 1. The number of pyridine rings is 1. The largest absolute Gasteiger partial charge is 0.495 e. The predicted molar refractivity (Wildman–Crippen MR) is 72.3 cm³/mol. The van der Waals surface area contributed by atoms with Crippen molar-refractivity contribution in [2.45, 2.75) is 6.92 Å². The number of methoxy groups -OCH3 is 1. The Morgan fingerprint density at radius 2 is 2.10 bits per heavy atom. The molecule has 0 spiro atoms. The van der Waals surface area contributed by atoms with Crippen LogP contribution in [0, 0.1) is 28.4 Å². The molecule has 2 aromatic rings. The third-order valence-corrected chi connectivity index (χ3v) is 2.91. The van der Waals surface area contributed by atoms with Crippen LogP contribution in [0.1, 0.15) is 11.1 Å². The first-order valence-corrected chi connectivity index (χ1v) is 5.75. The standard InChI is InChI=1S/C14H11N3O3/c1-9-3-13(10(6-15)5-14(9)17(18)19)11-4-12(20-2)8-16-7-11/h3-5,7-8H,1-2H3. The Morgan fingerprint density at radius 3 is 2.70 bits per heavy atom. The smallest absolute Gasteiger partial charge is 0.273 e. The minimum atomic E-state index is -0.496. The van der Waals surface area contributed by atoms with Gasteiger partial charge in [0.05, 0.1) is 23.8 Å². The van der Waals surface area contributed by atoms with Gasteiger partial charge in [-0.2, -0.15) is 5.26 Å². The van der Waals surface area contributed by atoms with E-state index in [1.807, 2.05) is 6.07 Å². The number of nitrogens with zero attached hydrogens (tertiary/aromatic N) is 3. The van der Waals surface area contributed by atoms with Crippen molar-refractivity contribution in [1.82, 2.24) is 4.98 Å². The second kappa shape index (κ2) is 5.36. The van der Waals surface area contributed by atoms with Crippen molar-refractivity contribution in [1.29, 1.82) is 5.26 Å². The lowest BCUT2D eigenvalue weighted by Gasteiger charge is -2.07. The second-order valence-electron chi connectivity index (χ2n) is 4.17. The van der Waals surface area contributed by atoms with Crippen molar-refractivity contribution in [3.05, 3.63) is 51.8 Å². The molecule has 0 N–H and O–H groups in total. The quantitative estimate of drug-likeness (QED) is 0.631. The van der Waals surface area contributed by atoms with Gasteiger partial charge in [0.2, 0.25) is 0 Å². The van der Waals surface area contributed by atoms with E-state index in [9.17, 15) is 15.4 Å². The Morgan fingerprint density at radius 1 is 1.35 bits per heavy atom. The summed E-state index contributed by atoms with van der Waals surface area (Å²) in [7, 11) is 1.52. The molecule has 0 fully saturated rings. The van der Waals surface area contributed by atoms with E-state index in [-0.39, 0.29) is 11.3 Å². The second-order valence-corrected chi connectivity index (χ2v) is 4.17. The van der Waals surface area contributed by atoms with Crippen molar-refractivity contribution in [3.8, 4) is 22.9 Å². The molecule has 1 heterocycles. The molecule has 0 saturated carbocycles. The Bertz CT molecular complexity index is 720. The van der Waals surface area contributed by atoms with Crippen molar-refractivity contribution in [3.63, 3.8) is 0 Å². The summed E-state index contributed by atoms with van der Waals surface area (Å²) in [5.41, 5.74) is 1.94. The van der Waals surface area contributed by atoms with Crippen LogP contribution >= 0.6 is 0 Å². The van der Waals surface area contributed by atoms with Crippen molar-refractivity contribution in [2.24, 2.45) is 0 Å². The summed E-state index contributed by atoms with van der Waals surface area (Å²) in [6.45, 7) is 1.64. The molecule has 6 nitrogen and oxygen atoms in total. The zero-order valence-electron chi connectivity index (χ0n) is 11.0. The number of nitro benzene ring substituents is 1. The van der Waals surface area contributed by atoms with E-state index in [4.69, 9.17) is 4.74 Å². The van der Waals surface area contributed by atoms with Crippen LogP contribution in [-0.2, 0) is 0 Å². The number of rotatable bonds is 3. The molecular formula is C14H11N3O3. The van der Waals surface area contributed by atoms with Crippen molar-refractivity contribution < 1.29 is 9.66 Å². The lowest BCUT2D eigenvalue weighted by Crippen LogP contribution is -1.95. The number of nitro groups is 1. The molecule has 100 valence electrons. The fourth-order valence-electron chi connectivity index (χ4n) is 1.90. The van der Waals surface area contributed by atoms with Crippen LogP contribution in [0.2, 0.25) is 0 Å². The summed E-state index contributed by atoms with van der Waals surface area (Å²) in [6, 6.07) is 6.61. The van der Waals surface area contributed by atoms with Crippen molar-refractivity contribution in [2.75, 3.05) is 7.11 Å². The maximum Gasteiger partial charge on any atom is 0.273 e. The normalized spacial score (nSPS) is 9.85. The molecule has 0 bridgehead atoms. The van der Waals surface area contributed by atoms with E-state index in [1.165, 1.54) is 13.2 Å². The lowest BCUT2D eigenvalue weighted by atomic mass is 9.98. The van der Waals surface area contributed by atoms with Gasteiger partial charge in [-0.25, -0.2) is 0 Å². The highest BCUT2D eigenvalue weighted by molar-refractivity contribution is 5.73. The van der Waals surface area contributed by atoms with Gasteiger partial charge >= 0.3 is 0 Å². The predicted octanol–water partition coefficient (Wildman–Crippen LogP) is 2.85. The van der Waals surface area contributed by atoms with E-state index in [0.29, 0.717) is 22.4 Å². The van der Waals surface area contributed by atoms with Gasteiger partial charge in [-0.15, -0.1) is 0 Å². The average Bonchev–Trinajstić information content (AvgIpc) is 2.46. The minimum Gasteiger partial charge on any atom is -0.495 e. The van der Waals surface area contributed by atoms with Gasteiger partial charge in [0.15, 0.2) is 0 Å². The van der Waals surface area contributed by atoms with Gasteiger partial charge < -0.3 is 4.74 Å². The maximum atomic E-state index is 10.9. The van der Waals surface area contributed by atoms with Crippen LogP contribution < -0.4 is 4.74 Å². The molecule has 0 amide bonds. The fourth-order valence-corrected chi connectivity index (χ4v) is 1.90. The molecular weight excluding hydrogens is 258 g/mol. The lowest BCUT2D eigenvalue weighted by molar-refractivity contribution is -0.385. The highest BCUT2D eigenvalue weighted by Crippen LogP contribution is 2.31. The molecule has 1 aromatic carbocycles. The maximum absolute atomic E-state index is 10.9. The van der Waals surface area contributed by atoms with E-state index in [2.05, 4.69) is 4.98 Å².